The number of hydrogen-bond acceptors (Lipinski definition) is 3. The first-order chi connectivity index (χ1) is 9.13. The molecule has 98 valence electrons. The SMILES string of the molecule is CCOC(=O)c1cc(F)c(F)cc1-c1ccncc1. The number of esters is 1. The van der Waals surface area contributed by atoms with Crippen molar-refractivity contribution < 1.29 is 18.3 Å². The lowest BCUT2D eigenvalue weighted by atomic mass is 10.0. The molecule has 0 saturated heterocycles. The van der Waals surface area contributed by atoms with Crippen molar-refractivity contribution in [2.75, 3.05) is 6.61 Å². The summed E-state index contributed by atoms with van der Waals surface area (Å²) in [5.74, 6) is -2.78. The molecule has 0 radical (unpaired) electrons. The minimum atomic E-state index is -1.08. The van der Waals surface area contributed by atoms with Crippen molar-refractivity contribution >= 4 is 5.97 Å². The third-order valence-corrected chi connectivity index (χ3v) is 2.55. The predicted molar refractivity (Wildman–Crippen MR) is 65.5 cm³/mol. The number of aromatic nitrogens is 1. The lowest BCUT2D eigenvalue weighted by molar-refractivity contribution is 0.0526. The fraction of sp³-hybridized carbons (Fsp3) is 0.143. The number of rotatable bonds is 3. The molecule has 5 heteroatoms. The second-order valence-electron chi connectivity index (χ2n) is 3.77. The average molecular weight is 263 g/mol. The Morgan fingerprint density at radius 1 is 1.21 bits per heavy atom. The van der Waals surface area contributed by atoms with E-state index in [0.717, 1.165) is 12.1 Å². The zero-order chi connectivity index (χ0) is 13.8. The van der Waals surface area contributed by atoms with Crippen LogP contribution in [0.15, 0.2) is 36.7 Å². The normalized spacial score (nSPS) is 10.3. The van der Waals surface area contributed by atoms with Crippen LogP contribution in [0.3, 0.4) is 0 Å². The summed E-state index contributed by atoms with van der Waals surface area (Å²) in [6.45, 7) is 1.80. The van der Waals surface area contributed by atoms with Crippen molar-refractivity contribution in [2.45, 2.75) is 6.92 Å². The maximum Gasteiger partial charge on any atom is 0.338 e. The summed E-state index contributed by atoms with van der Waals surface area (Å²) < 4.78 is 31.5. The van der Waals surface area contributed by atoms with Crippen LogP contribution in [0.25, 0.3) is 11.1 Å². The molecular weight excluding hydrogens is 252 g/mol. The van der Waals surface area contributed by atoms with Gasteiger partial charge in [0.1, 0.15) is 0 Å². The summed E-state index contributed by atoms with van der Waals surface area (Å²) in [5, 5.41) is 0. The van der Waals surface area contributed by atoms with Crippen molar-refractivity contribution in [3.05, 3.63) is 53.9 Å². The van der Waals surface area contributed by atoms with Gasteiger partial charge >= 0.3 is 5.97 Å². The molecule has 0 unspecified atom stereocenters. The van der Waals surface area contributed by atoms with E-state index in [1.54, 1.807) is 19.1 Å². The monoisotopic (exact) mass is 263 g/mol. The van der Waals surface area contributed by atoms with E-state index < -0.39 is 17.6 Å². The molecule has 3 nitrogen and oxygen atoms in total. The van der Waals surface area contributed by atoms with E-state index in [-0.39, 0.29) is 17.7 Å². The van der Waals surface area contributed by atoms with Crippen molar-refractivity contribution in [1.29, 1.82) is 0 Å². The van der Waals surface area contributed by atoms with E-state index in [9.17, 15) is 13.6 Å². The van der Waals surface area contributed by atoms with Gasteiger partial charge in [-0.05, 0) is 42.3 Å². The van der Waals surface area contributed by atoms with Gasteiger partial charge in [0.2, 0.25) is 0 Å². The lowest BCUT2D eigenvalue weighted by Gasteiger charge is -2.09. The third kappa shape index (κ3) is 2.76. The Labute approximate surface area is 108 Å². The fourth-order valence-electron chi connectivity index (χ4n) is 1.69. The molecule has 1 aromatic heterocycles. The molecule has 1 aromatic carbocycles. The van der Waals surface area contributed by atoms with Crippen molar-refractivity contribution in [3.8, 4) is 11.1 Å². The molecule has 0 aliphatic carbocycles. The Balaban J connectivity index is 2.58. The lowest BCUT2D eigenvalue weighted by Crippen LogP contribution is -2.08. The number of ether oxygens (including phenoxy) is 1. The van der Waals surface area contributed by atoms with E-state index in [1.807, 2.05) is 0 Å². The van der Waals surface area contributed by atoms with Crippen LogP contribution >= 0.6 is 0 Å². The van der Waals surface area contributed by atoms with Gasteiger partial charge in [-0.3, -0.25) is 4.98 Å². The second-order valence-corrected chi connectivity index (χ2v) is 3.77. The number of halogens is 2. The van der Waals surface area contributed by atoms with Crippen molar-refractivity contribution in [2.24, 2.45) is 0 Å². The Morgan fingerprint density at radius 3 is 2.47 bits per heavy atom. The first-order valence-corrected chi connectivity index (χ1v) is 5.70. The summed E-state index contributed by atoms with van der Waals surface area (Å²) in [6.07, 6.45) is 3.01. The molecule has 2 aromatic rings. The molecule has 0 atom stereocenters. The number of hydrogen-bond donors (Lipinski definition) is 0. The average Bonchev–Trinajstić information content (AvgIpc) is 2.42. The highest BCUT2D eigenvalue weighted by atomic mass is 19.2. The molecule has 0 saturated carbocycles. The van der Waals surface area contributed by atoms with Crippen LogP contribution in [0.2, 0.25) is 0 Å². The van der Waals surface area contributed by atoms with Crippen LogP contribution in [0.1, 0.15) is 17.3 Å². The maximum absolute atomic E-state index is 13.4. The molecule has 0 fully saturated rings. The van der Waals surface area contributed by atoms with Gasteiger partial charge < -0.3 is 4.74 Å². The van der Waals surface area contributed by atoms with Crippen LogP contribution < -0.4 is 0 Å². The number of carbonyl (C=O) groups excluding carboxylic acids is 1. The van der Waals surface area contributed by atoms with Gasteiger partial charge in [-0.2, -0.15) is 0 Å². The molecule has 0 N–H and O–H groups in total. The van der Waals surface area contributed by atoms with E-state index in [0.29, 0.717) is 5.56 Å². The maximum atomic E-state index is 13.4. The van der Waals surface area contributed by atoms with E-state index >= 15 is 0 Å². The standard InChI is InChI=1S/C14H11F2NO2/c1-2-19-14(18)11-8-13(16)12(15)7-10(11)9-3-5-17-6-4-9/h3-8H,2H2,1H3. The molecule has 0 aliphatic heterocycles. The Kier molecular flexibility index (Phi) is 3.85. The predicted octanol–water partition coefficient (Wildman–Crippen LogP) is 3.20. The fourth-order valence-corrected chi connectivity index (χ4v) is 1.69. The quantitative estimate of drug-likeness (QED) is 0.798. The Bertz CT molecular complexity index is 600. The Morgan fingerprint density at radius 2 is 1.84 bits per heavy atom. The minimum absolute atomic E-state index is 0.00745. The Hall–Kier alpha value is -2.30. The third-order valence-electron chi connectivity index (χ3n) is 2.55. The molecular formula is C14H11F2NO2. The van der Waals surface area contributed by atoms with Crippen molar-refractivity contribution in [3.63, 3.8) is 0 Å². The van der Waals surface area contributed by atoms with Crippen LogP contribution in [0.5, 0.6) is 0 Å². The number of nitrogens with zero attached hydrogens (tertiary/aromatic N) is 1. The summed E-state index contributed by atoms with van der Waals surface area (Å²) in [7, 11) is 0. The number of benzene rings is 1. The van der Waals surface area contributed by atoms with Crippen LogP contribution in [-0.2, 0) is 4.74 Å². The van der Waals surface area contributed by atoms with Crippen LogP contribution in [-0.4, -0.2) is 17.6 Å². The first kappa shape index (κ1) is 13.1. The molecule has 19 heavy (non-hydrogen) atoms. The molecule has 2 rings (SSSR count). The van der Waals surface area contributed by atoms with Gasteiger partial charge in [-0.25, -0.2) is 13.6 Å². The summed E-state index contributed by atoms with van der Waals surface area (Å²) in [6, 6.07) is 5.05. The molecule has 0 bridgehead atoms. The number of pyridine rings is 1. The van der Waals surface area contributed by atoms with Gasteiger partial charge in [0.05, 0.1) is 12.2 Å². The smallest absolute Gasteiger partial charge is 0.338 e. The molecule has 0 amide bonds. The zero-order valence-electron chi connectivity index (χ0n) is 10.2. The van der Waals surface area contributed by atoms with Gasteiger partial charge in [0, 0.05) is 12.4 Å². The number of carbonyl (C=O) groups is 1. The largest absolute Gasteiger partial charge is 0.462 e. The van der Waals surface area contributed by atoms with Gasteiger partial charge in [0.15, 0.2) is 11.6 Å². The van der Waals surface area contributed by atoms with E-state index in [2.05, 4.69) is 4.98 Å². The highest BCUT2D eigenvalue weighted by molar-refractivity contribution is 5.97. The van der Waals surface area contributed by atoms with E-state index in [1.165, 1.54) is 12.4 Å². The highest BCUT2D eigenvalue weighted by Crippen LogP contribution is 2.26. The first-order valence-electron chi connectivity index (χ1n) is 5.70. The topological polar surface area (TPSA) is 39.2 Å². The summed E-state index contributed by atoms with van der Waals surface area (Å²) in [5.41, 5.74) is 0.837. The molecule has 0 spiro atoms. The van der Waals surface area contributed by atoms with E-state index in [4.69, 9.17) is 4.74 Å². The van der Waals surface area contributed by atoms with Crippen LogP contribution in [0, 0.1) is 11.6 Å². The van der Waals surface area contributed by atoms with Crippen molar-refractivity contribution in [1.82, 2.24) is 4.98 Å². The highest BCUT2D eigenvalue weighted by Gasteiger charge is 2.18. The molecule has 0 aliphatic rings. The zero-order valence-corrected chi connectivity index (χ0v) is 10.2. The summed E-state index contributed by atoms with van der Waals surface area (Å²) in [4.78, 5) is 15.6. The summed E-state index contributed by atoms with van der Waals surface area (Å²) >= 11 is 0. The van der Waals surface area contributed by atoms with Gasteiger partial charge in [-0.15, -0.1) is 0 Å². The van der Waals surface area contributed by atoms with Crippen LogP contribution in [0.4, 0.5) is 8.78 Å². The second kappa shape index (κ2) is 5.56. The van der Waals surface area contributed by atoms with Gasteiger partial charge in [-0.1, -0.05) is 0 Å². The minimum Gasteiger partial charge on any atom is -0.462 e. The molecule has 1 heterocycles. The van der Waals surface area contributed by atoms with Gasteiger partial charge in [0.25, 0.3) is 0 Å².